The molecule has 0 fully saturated rings. The van der Waals surface area contributed by atoms with Crippen LogP contribution in [0.3, 0.4) is 0 Å². The molecule has 0 bridgehead atoms. The number of benzene rings is 2. The molecule has 2 rings (SSSR count). The summed E-state index contributed by atoms with van der Waals surface area (Å²) in [7, 11) is 1.47. The first kappa shape index (κ1) is 20.7. The minimum Gasteiger partial charge on any atom is -0.493 e. The molecule has 0 radical (unpaired) electrons. The summed E-state index contributed by atoms with van der Waals surface area (Å²) >= 11 is 3.33. The number of methoxy groups -OCH3 is 1. The summed E-state index contributed by atoms with van der Waals surface area (Å²) in [6.45, 7) is 1.64. The Bertz CT molecular complexity index is 807. The van der Waals surface area contributed by atoms with Crippen molar-refractivity contribution in [2.75, 3.05) is 25.6 Å². The number of anilines is 1. The summed E-state index contributed by atoms with van der Waals surface area (Å²) in [6, 6.07) is 9.62. The van der Waals surface area contributed by atoms with Crippen LogP contribution in [0, 0.1) is 0 Å². The van der Waals surface area contributed by atoms with Gasteiger partial charge in [0, 0.05) is 10.2 Å². The van der Waals surface area contributed by atoms with Crippen LogP contribution in [-0.2, 0) is 16.1 Å². The van der Waals surface area contributed by atoms with E-state index >= 15 is 0 Å². The number of ether oxygens (including phenoxy) is 3. The number of amides is 1. The predicted molar refractivity (Wildman–Crippen MR) is 103 cm³/mol. The third kappa shape index (κ3) is 5.70. The number of rotatable bonds is 8. The summed E-state index contributed by atoms with van der Waals surface area (Å²) < 4.78 is 16.3. The first-order valence-electron chi connectivity index (χ1n) is 8.15. The molecule has 2 N–H and O–H groups in total. The Morgan fingerprint density at radius 3 is 2.44 bits per heavy atom. The summed E-state index contributed by atoms with van der Waals surface area (Å²) in [5.74, 6) is -0.00535. The summed E-state index contributed by atoms with van der Waals surface area (Å²) in [4.78, 5) is 23.7. The van der Waals surface area contributed by atoms with E-state index in [9.17, 15) is 14.7 Å². The Morgan fingerprint density at radius 1 is 1.15 bits per heavy atom. The van der Waals surface area contributed by atoms with Crippen molar-refractivity contribution in [3.05, 3.63) is 52.0 Å². The largest absolute Gasteiger partial charge is 0.493 e. The smallest absolute Gasteiger partial charge is 0.338 e. The Labute approximate surface area is 165 Å². The fourth-order valence-corrected chi connectivity index (χ4v) is 2.66. The van der Waals surface area contributed by atoms with Gasteiger partial charge in [0.2, 0.25) is 0 Å². The molecule has 0 atom stereocenters. The van der Waals surface area contributed by atoms with E-state index in [0.717, 1.165) is 0 Å². The van der Waals surface area contributed by atoms with Gasteiger partial charge in [0.15, 0.2) is 18.1 Å². The lowest BCUT2D eigenvalue weighted by atomic mass is 10.2. The monoisotopic (exact) mass is 437 g/mol. The molecule has 2 aromatic rings. The molecule has 0 unspecified atom stereocenters. The Morgan fingerprint density at radius 2 is 1.85 bits per heavy atom. The second-order valence-corrected chi connectivity index (χ2v) is 6.24. The molecule has 0 saturated carbocycles. The highest BCUT2D eigenvalue weighted by molar-refractivity contribution is 9.10. The van der Waals surface area contributed by atoms with E-state index in [-0.39, 0.29) is 19.1 Å². The van der Waals surface area contributed by atoms with Crippen molar-refractivity contribution in [3.63, 3.8) is 0 Å². The third-order valence-corrected chi connectivity index (χ3v) is 4.28. The third-order valence-electron chi connectivity index (χ3n) is 3.54. The Balaban J connectivity index is 1.96. The Kier molecular flexibility index (Phi) is 7.63. The van der Waals surface area contributed by atoms with E-state index < -0.39 is 5.97 Å². The minimum atomic E-state index is -0.414. The van der Waals surface area contributed by atoms with Crippen LogP contribution in [0.4, 0.5) is 5.69 Å². The zero-order chi connectivity index (χ0) is 19.8. The molecule has 7 nitrogen and oxygen atoms in total. The molecule has 0 spiro atoms. The quantitative estimate of drug-likeness (QED) is 0.616. The normalized spacial score (nSPS) is 10.2. The summed E-state index contributed by atoms with van der Waals surface area (Å²) in [6.07, 6.45) is 0. The van der Waals surface area contributed by atoms with Crippen molar-refractivity contribution >= 4 is 33.5 Å². The van der Waals surface area contributed by atoms with Crippen LogP contribution in [0.25, 0.3) is 0 Å². The van der Waals surface area contributed by atoms with Gasteiger partial charge in [-0.05, 0) is 48.9 Å². The lowest BCUT2D eigenvalue weighted by molar-refractivity contribution is -0.118. The van der Waals surface area contributed by atoms with E-state index in [1.807, 2.05) is 0 Å². The fraction of sp³-hybridized carbons (Fsp3) is 0.263. The number of hydrogen-bond acceptors (Lipinski definition) is 6. The number of carbonyl (C=O) groups is 2. The second kappa shape index (κ2) is 9.94. The highest BCUT2D eigenvalue weighted by atomic mass is 79.9. The number of hydrogen-bond donors (Lipinski definition) is 2. The SMILES string of the molecule is CCOC(=O)c1ccc(NC(=O)COc2cc(Br)c(CO)cc2OC)cc1. The van der Waals surface area contributed by atoms with Gasteiger partial charge in [-0.15, -0.1) is 0 Å². The molecule has 1 amide bonds. The van der Waals surface area contributed by atoms with Gasteiger partial charge < -0.3 is 24.6 Å². The molecule has 0 saturated heterocycles. The van der Waals surface area contributed by atoms with E-state index in [4.69, 9.17) is 14.2 Å². The van der Waals surface area contributed by atoms with E-state index in [2.05, 4.69) is 21.2 Å². The minimum absolute atomic E-state index is 0.153. The molecule has 0 aliphatic heterocycles. The van der Waals surface area contributed by atoms with Crippen molar-refractivity contribution in [1.29, 1.82) is 0 Å². The van der Waals surface area contributed by atoms with Crippen molar-refractivity contribution in [2.24, 2.45) is 0 Å². The molecule has 27 heavy (non-hydrogen) atoms. The highest BCUT2D eigenvalue weighted by Crippen LogP contribution is 2.33. The van der Waals surface area contributed by atoms with Gasteiger partial charge in [-0.3, -0.25) is 4.79 Å². The summed E-state index contributed by atoms with van der Waals surface area (Å²) in [5, 5.41) is 12.0. The zero-order valence-corrected chi connectivity index (χ0v) is 16.5. The maximum absolute atomic E-state index is 12.1. The molecule has 0 aromatic heterocycles. The van der Waals surface area contributed by atoms with Gasteiger partial charge in [-0.25, -0.2) is 4.79 Å². The van der Waals surface area contributed by atoms with Crippen LogP contribution in [0.5, 0.6) is 11.5 Å². The number of aliphatic hydroxyl groups excluding tert-OH is 1. The van der Waals surface area contributed by atoms with Crippen LogP contribution in [0.15, 0.2) is 40.9 Å². The van der Waals surface area contributed by atoms with E-state index in [1.54, 1.807) is 43.3 Å². The van der Waals surface area contributed by atoms with Crippen LogP contribution in [0.2, 0.25) is 0 Å². The first-order valence-corrected chi connectivity index (χ1v) is 8.94. The molecule has 0 aliphatic carbocycles. The van der Waals surface area contributed by atoms with Crippen LogP contribution >= 0.6 is 15.9 Å². The predicted octanol–water partition coefficient (Wildman–Crippen LogP) is 3.14. The maximum atomic E-state index is 12.1. The number of carbonyl (C=O) groups excluding carboxylic acids is 2. The molecule has 0 aliphatic rings. The molecular formula is C19H20BrNO6. The summed E-state index contributed by atoms with van der Waals surface area (Å²) in [5.41, 5.74) is 1.58. The van der Waals surface area contributed by atoms with Crippen molar-refractivity contribution < 1.29 is 28.9 Å². The van der Waals surface area contributed by atoms with Gasteiger partial charge >= 0.3 is 5.97 Å². The molecule has 8 heteroatoms. The standard InChI is InChI=1S/C19H20BrNO6/c1-3-26-19(24)12-4-6-14(7-5-12)21-18(23)11-27-17-9-15(20)13(10-22)8-16(17)25-2/h4-9,22H,3,10-11H2,1-2H3,(H,21,23). The van der Waals surface area contributed by atoms with Gasteiger partial charge in [-0.2, -0.15) is 0 Å². The van der Waals surface area contributed by atoms with Crippen LogP contribution in [-0.4, -0.2) is 37.3 Å². The highest BCUT2D eigenvalue weighted by Gasteiger charge is 2.12. The Hall–Kier alpha value is -2.58. The van der Waals surface area contributed by atoms with E-state index in [1.165, 1.54) is 7.11 Å². The lowest BCUT2D eigenvalue weighted by Crippen LogP contribution is -2.20. The van der Waals surface area contributed by atoms with Gasteiger partial charge in [0.25, 0.3) is 5.91 Å². The average Bonchev–Trinajstić information content (AvgIpc) is 2.67. The molecule has 144 valence electrons. The zero-order valence-electron chi connectivity index (χ0n) is 15.0. The van der Waals surface area contributed by atoms with Crippen molar-refractivity contribution in [1.82, 2.24) is 0 Å². The van der Waals surface area contributed by atoms with Crippen LogP contribution < -0.4 is 14.8 Å². The maximum Gasteiger partial charge on any atom is 0.338 e. The number of nitrogens with one attached hydrogen (secondary N) is 1. The first-order chi connectivity index (χ1) is 13.0. The molecular weight excluding hydrogens is 418 g/mol. The van der Waals surface area contributed by atoms with E-state index in [0.29, 0.717) is 39.4 Å². The second-order valence-electron chi connectivity index (χ2n) is 5.39. The lowest BCUT2D eigenvalue weighted by Gasteiger charge is -2.13. The molecule has 2 aromatic carbocycles. The fourth-order valence-electron chi connectivity index (χ4n) is 2.22. The molecule has 0 heterocycles. The number of esters is 1. The van der Waals surface area contributed by atoms with Gasteiger partial charge in [0.05, 0.1) is 25.9 Å². The van der Waals surface area contributed by atoms with Crippen molar-refractivity contribution in [2.45, 2.75) is 13.5 Å². The van der Waals surface area contributed by atoms with Gasteiger partial charge in [0.1, 0.15) is 0 Å². The average molecular weight is 438 g/mol. The number of halogens is 1. The number of aliphatic hydroxyl groups is 1. The van der Waals surface area contributed by atoms with Gasteiger partial charge in [-0.1, -0.05) is 15.9 Å². The topological polar surface area (TPSA) is 94.1 Å². The van der Waals surface area contributed by atoms with Crippen LogP contribution in [0.1, 0.15) is 22.8 Å². The van der Waals surface area contributed by atoms with Crippen molar-refractivity contribution in [3.8, 4) is 11.5 Å².